The summed E-state index contributed by atoms with van der Waals surface area (Å²) < 4.78 is 5.34. The van der Waals surface area contributed by atoms with Crippen molar-refractivity contribution in [2.24, 2.45) is 5.92 Å². The van der Waals surface area contributed by atoms with E-state index in [2.05, 4.69) is 5.92 Å². The van der Waals surface area contributed by atoms with Gasteiger partial charge in [0, 0.05) is 11.8 Å². The van der Waals surface area contributed by atoms with Gasteiger partial charge >= 0.3 is 5.97 Å². The molecule has 1 unspecified atom stereocenters. The van der Waals surface area contributed by atoms with Gasteiger partial charge in [-0.15, -0.1) is 0 Å². The third kappa shape index (κ3) is 5.48. The zero-order valence-corrected chi connectivity index (χ0v) is 10.2. The zero-order chi connectivity index (χ0) is 13.4. The Balaban J connectivity index is 2.31. The van der Waals surface area contributed by atoms with E-state index in [1.54, 1.807) is 6.92 Å². The minimum absolute atomic E-state index is 0.129. The Morgan fingerprint density at radius 2 is 2.06 bits per heavy atom. The van der Waals surface area contributed by atoms with Crippen LogP contribution in [0.1, 0.15) is 12.5 Å². The number of hydrogen-bond donors (Lipinski definition) is 2. The van der Waals surface area contributed by atoms with Crippen LogP contribution < -0.4 is 0 Å². The van der Waals surface area contributed by atoms with Gasteiger partial charge in [0.2, 0.25) is 0 Å². The Labute approximate surface area is 106 Å². The minimum Gasteiger partial charge on any atom is -0.472 e. The Kier molecular flexibility index (Phi) is 5.92. The first-order valence-electron chi connectivity index (χ1n) is 5.64. The highest BCUT2D eigenvalue weighted by Gasteiger charge is 2.12. The molecule has 0 aromatic heterocycles. The van der Waals surface area contributed by atoms with E-state index < -0.39 is 18.0 Å². The van der Waals surface area contributed by atoms with E-state index in [9.17, 15) is 9.90 Å². The van der Waals surface area contributed by atoms with E-state index >= 15 is 0 Å². The van der Waals surface area contributed by atoms with Gasteiger partial charge in [-0.25, -0.2) is 4.79 Å². The molecule has 0 radical (unpaired) electrons. The molecule has 0 spiro atoms. The third-order valence-electron chi connectivity index (χ3n) is 2.38. The van der Waals surface area contributed by atoms with E-state index in [4.69, 9.17) is 9.84 Å². The zero-order valence-electron chi connectivity index (χ0n) is 10.2. The number of aliphatic carboxylic acids is 1. The van der Waals surface area contributed by atoms with Gasteiger partial charge in [0.15, 0.2) is 0 Å². The maximum atomic E-state index is 10.2. The fourth-order valence-corrected chi connectivity index (χ4v) is 1.29. The van der Waals surface area contributed by atoms with E-state index in [-0.39, 0.29) is 6.61 Å². The summed E-state index contributed by atoms with van der Waals surface area (Å²) in [6.45, 7) is 2.20. The standard InChI is InChI=1S/C14H16O4/c1-11(7-8-14(16)17)13(15)10-18-9-12-5-3-2-4-6-12/h2-6,11,13,15H,9-10H2,1H3,(H,16,17)/t11-,13?/m1/s1. The van der Waals surface area contributed by atoms with Gasteiger partial charge in [0.1, 0.15) is 0 Å². The molecule has 2 atom stereocenters. The first-order valence-corrected chi connectivity index (χ1v) is 5.64. The molecule has 96 valence electrons. The van der Waals surface area contributed by atoms with Crippen molar-refractivity contribution in [3.8, 4) is 11.8 Å². The van der Waals surface area contributed by atoms with Crippen molar-refractivity contribution in [2.45, 2.75) is 19.6 Å². The van der Waals surface area contributed by atoms with Crippen molar-refractivity contribution in [3.05, 3.63) is 35.9 Å². The molecule has 0 saturated heterocycles. The second kappa shape index (κ2) is 7.49. The van der Waals surface area contributed by atoms with Crippen molar-refractivity contribution >= 4 is 5.97 Å². The highest BCUT2D eigenvalue weighted by atomic mass is 16.5. The lowest BCUT2D eigenvalue weighted by molar-refractivity contribution is -0.130. The van der Waals surface area contributed by atoms with Crippen LogP contribution in [0, 0.1) is 17.8 Å². The Hall–Kier alpha value is -1.83. The average molecular weight is 248 g/mol. The quantitative estimate of drug-likeness (QED) is 0.770. The van der Waals surface area contributed by atoms with Crippen LogP contribution in [0.3, 0.4) is 0 Å². The maximum Gasteiger partial charge on any atom is 0.381 e. The van der Waals surface area contributed by atoms with Gasteiger partial charge in [-0.05, 0) is 12.5 Å². The normalized spacial score (nSPS) is 13.2. The number of carboxylic acid groups (broad SMARTS) is 1. The number of aliphatic hydroxyl groups is 1. The maximum absolute atomic E-state index is 10.2. The summed E-state index contributed by atoms with van der Waals surface area (Å²) in [4.78, 5) is 10.2. The van der Waals surface area contributed by atoms with Crippen LogP contribution in [-0.4, -0.2) is 28.9 Å². The Bertz CT molecular complexity index is 430. The highest BCUT2D eigenvalue weighted by Crippen LogP contribution is 2.05. The average Bonchev–Trinajstić information content (AvgIpc) is 2.37. The SMILES string of the molecule is C[C@H](C#CC(=O)O)C(O)COCc1ccccc1. The molecule has 4 heteroatoms. The van der Waals surface area contributed by atoms with Gasteiger partial charge in [-0.2, -0.15) is 0 Å². The lowest BCUT2D eigenvalue weighted by atomic mass is 10.1. The summed E-state index contributed by atoms with van der Waals surface area (Å²) >= 11 is 0. The Morgan fingerprint density at radius 3 is 2.67 bits per heavy atom. The molecule has 0 heterocycles. The molecule has 0 amide bonds. The number of hydrogen-bond acceptors (Lipinski definition) is 3. The topological polar surface area (TPSA) is 66.8 Å². The summed E-state index contributed by atoms with van der Waals surface area (Å²) in [5.74, 6) is 2.81. The Morgan fingerprint density at radius 1 is 1.39 bits per heavy atom. The largest absolute Gasteiger partial charge is 0.472 e. The number of carboxylic acids is 1. The molecule has 18 heavy (non-hydrogen) atoms. The summed E-state index contributed by atoms with van der Waals surface area (Å²) in [5.41, 5.74) is 1.02. The van der Waals surface area contributed by atoms with Crippen molar-refractivity contribution < 1.29 is 19.7 Å². The number of aliphatic hydroxyl groups excluding tert-OH is 1. The smallest absolute Gasteiger partial charge is 0.381 e. The van der Waals surface area contributed by atoms with Crippen LogP contribution in [0.4, 0.5) is 0 Å². The molecule has 0 bridgehead atoms. The molecule has 1 aromatic carbocycles. The van der Waals surface area contributed by atoms with E-state index in [0.29, 0.717) is 6.61 Å². The lowest BCUT2D eigenvalue weighted by Gasteiger charge is -2.13. The van der Waals surface area contributed by atoms with Crippen LogP contribution in [0.2, 0.25) is 0 Å². The second-order valence-electron chi connectivity index (χ2n) is 3.93. The fraction of sp³-hybridized carbons (Fsp3) is 0.357. The fourth-order valence-electron chi connectivity index (χ4n) is 1.29. The number of rotatable bonds is 5. The minimum atomic E-state index is -1.20. The van der Waals surface area contributed by atoms with Crippen LogP contribution in [0.5, 0.6) is 0 Å². The van der Waals surface area contributed by atoms with E-state index in [1.807, 2.05) is 36.3 Å². The number of benzene rings is 1. The monoisotopic (exact) mass is 248 g/mol. The number of carbonyl (C=O) groups is 1. The second-order valence-corrected chi connectivity index (χ2v) is 3.93. The van der Waals surface area contributed by atoms with Gasteiger partial charge in [-0.3, -0.25) is 0 Å². The van der Waals surface area contributed by atoms with E-state index in [1.165, 1.54) is 0 Å². The number of ether oxygens (including phenoxy) is 1. The third-order valence-corrected chi connectivity index (χ3v) is 2.38. The van der Waals surface area contributed by atoms with Crippen LogP contribution in [0.25, 0.3) is 0 Å². The molecule has 1 aromatic rings. The van der Waals surface area contributed by atoms with Gasteiger partial charge in [0.05, 0.1) is 19.3 Å². The summed E-state index contributed by atoms with van der Waals surface area (Å²) in [6, 6.07) is 9.61. The lowest BCUT2D eigenvalue weighted by Crippen LogP contribution is -2.22. The van der Waals surface area contributed by atoms with Gasteiger partial charge < -0.3 is 14.9 Å². The molecule has 0 saturated carbocycles. The van der Waals surface area contributed by atoms with Crippen molar-refractivity contribution in [3.63, 3.8) is 0 Å². The van der Waals surface area contributed by atoms with Crippen molar-refractivity contribution in [1.29, 1.82) is 0 Å². The predicted molar refractivity (Wildman–Crippen MR) is 66.7 cm³/mol. The molecule has 0 fully saturated rings. The van der Waals surface area contributed by atoms with Crippen LogP contribution in [-0.2, 0) is 16.1 Å². The van der Waals surface area contributed by atoms with Gasteiger partial charge in [0.25, 0.3) is 0 Å². The molecule has 0 aliphatic rings. The van der Waals surface area contributed by atoms with Gasteiger partial charge in [-0.1, -0.05) is 36.3 Å². The van der Waals surface area contributed by atoms with Crippen LogP contribution >= 0.6 is 0 Å². The molecular weight excluding hydrogens is 232 g/mol. The molecular formula is C14H16O4. The molecule has 0 aliphatic carbocycles. The van der Waals surface area contributed by atoms with Crippen molar-refractivity contribution in [1.82, 2.24) is 0 Å². The van der Waals surface area contributed by atoms with Crippen molar-refractivity contribution in [2.75, 3.05) is 6.61 Å². The molecule has 4 nitrogen and oxygen atoms in total. The summed E-state index contributed by atoms with van der Waals surface area (Å²) in [6.07, 6.45) is -0.791. The molecule has 2 N–H and O–H groups in total. The molecule has 1 rings (SSSR count). The first-order chi connectivity index (χ1) is 8.59. The predicted octanol–water partition coefficient (Wildman–Crippen LogP) is 1.29. The summed E-state index contributed by atoms with van der Waals surface area (Å²) in [7, 11) is 0. The highest BCUT2D eigenvalue weighted by molar-refractivity contribution is 5.86. The van der Waals surface area contributed by atoms with Crippen LogP contribution in [0.15, 0.2) is 30.3 Å². The first kappa shape index (κ1) is 14.2. The summed E-state index contributed by atoms with van der Waals surface area (Å²) in [5, 5.41) is 18.1. The molecule has 0 aliphatic heterocycles. The van der Waals surface area contributed by atoms with E-state index in [0.717, 1.165) is 5.56 Å².